The number of fused-ring (bicyclic) bond motifs is 1. The first kappa shape index (κ1) is 12.6. The summed E-state index contributed by atoms with van der Waals surface area (Å²) < 4.78 is 11.2. The minimum absolute atomic E-state index is 0.150. The molecule has 19 heavy (non-hydrogen) atoms. The number of nitrogens with zero attached hydrogens (tertiary/aromatic N) is 1. The maximum Gasteiger partial charge on any atom is 0.226 e. The van der Waals surface area contributed by atoms with Crippen molar-refractivity contribution in [2.75, 3.05) is 26.3 Å². The number of carbonyl (C=O) groups excluding carboxylic acids is 1. The molecule has 0 spiro atoms. The van der Waals surface area contributed by atoms with Gasteiger partial charge in [-0.15, -0.1) is 0 Å². The van der Waals surface area contributed by atoms with E-state index in [2.05, 4.69) is 0 Å². The third-order valence-corrected chi connectivity index (χ3v) is 3.71. The summed E-state index contributed by atoms with van der Waals surface area (Å²) in [6.07, 6.45) is 2.32. The van der Waals surface area contributed by atoms with Crippen LogP contribution in [0.5, 0.6) is 11.5 Å². The van der Waals surface area contributed by atoms with Gasteiger partial charge in [-0.25, -0.2) is 0 Å². The van der Waals surface area contributed by atoms with Crippen LogP contribution in [0.2, 0.25) is 5.02 Å². The lowest BCUT2D eigenvalue weighted by Gasteiger charge is -2.31. The largest absolute Gasteiger partial charge is 0.489 e. The predicted molar refractivity (Wildman–Crippen MR) is 72.0 cm³/mol. The zero-order valence-corrected chi connectivity index (χ0v) is 11.4. The number of benzene rings is 1. The van der Waals surface area contributed by atoms with Gasteiger partial charge in [0.05, 0.1) is 24.7 Å². The molecule has 1 aromatic rings. The highest BCUT2D eigenvalue weighted by atomic mass is 35.5. The lowest BCUT2D eigenvalue weighted by molar-refractivity contribution is -0.133. The first-order valence-corrected chi connectivity index (χ1v) is 6.97. The Morgan fingerprint density at radius 1 is 1.21 bits per heavy atom. The maximum atomic E-state index is 12.0. The zero-order chi connectivity index (χ0) is 13.2. The summed E-state index contributed by atoms with van der Waals surface area (Å²) in [5, 5.41) is 0.519. The molecule has 0 saturated carbocycles. The van der Waals surface area contributed by atoms with E-state index in [1.54, 1.807) is 6.07 Å². The minimum Gasteiger partial charge on any atom is -0.489 e. The van der Waals surface area contributed by atoms with Crippen molar-refractivity contribution in [2.24, 2.45) is 0 Å². The van der Waals surface area contributed by atoms with Gasteiger partial charge in [0.25, 0.3) is 0 Å². The van der Waals surface area contributed by atoms with Crippen molar-refractivity contribution in [3.8, 4) is 11.5 Å². The van der Waals surface area contributed by atoms with Crippen LogP contribution in [-0.4, -0.2) is 37.1 Å². The number of likely N-dealkylation sites (tertiary alicyclic amines) is 1. The maximum absolute atomic E-state index is 12.0. The molecule has 0 radical (unpaired) electrons. The minimum atomic E-state index is 0.150. The highest BCUT2D eigenvalue weighted by Gasteiger charge is 2.22. The average molecular weight is 282 g/mol. The molecule has 102 valence electrons. The van der Waals surface area contributed by atoms with E-state index in [0.29, 0.717) is 36.2 Å². The number of amides is 1. The van der Waals surface area contributed by atoms with Gasteiger partial charge in [0.2, 0.25) is 5.91 Å². The van der Waals surface area contributed by atoms with Gasteiger partial charge in [0, 0.05) is 19.5 Å². The van der Waals surface area contributed by atoms with Gasteiger partial charge in [0.15, 0.2) is 11.5 Å². The van der Waals surface area contributed by atoms with Crippen LogP contribution in [0.15, 0.2) is 12.1 Å². The first-order chi connectivity index (χ1) is 9.24. The van der Waals surface area contributed by atoms with Crippen molar-refractivity contribution in [1.29, 1.82) is 0 Å². The molecular formula is C14H16ClNO3. The molecule has 0 unspecified atom stereocenters. The molecule has 2 heterocycles. The Kier molecular flexibility index (Phi) is 3.51. The third kappa shape index (κ3) is 2.63. The predicted octanol–water partition coefficient (Wildman–Crippen LogP) is 2.28. The van der Waals surface area contributed by atoms with Crippen LogP contribution in [0, 0.1) is 0 Å². The Hall–Kier alpha value is -1.42. The highest BCUT2D eigenvalue weighted by molar-refractivity contribution is 6.32. The van der Waals surface area contributed by atoms with Crippen molar-refractivity contribution < 1.29 is 14.3 Å². The average Bonchev–Trinajstić information content (AvgIpc) is 2.51. The van der Waals surface area contributed by atoms with Crippen LogP contribution in [0.3, 0.4) is 0 Å². The van der Waals surface area contributed by atoms with Gasteiger partial charge >= 0.3 is 0 Å². The highest BCUT2D eigenvalue weighted by Crippen LogP contribution is 2.38. The zero-order valence-electron chi connectivity index (χ0n) is 10.7. The van der Waals surface area contributed by atoms with Crippen molar-refractivity contribution in [1.82, 2.24) is 4.90 Å². The second kappa shape index (κ2) is 5.29. The lowest BCUT2D eigenvalue weighted by atomic mass is 10.1. The molecule has 1 amide bonds. The van der Waals surface area contributed by atoms with Crippen molar-refractivity contribution in [3.05, 3.63) is 22.7 Å². The van der Waals surface area contributed by atoms with E-state index in [9.17, 15) is 4.79 Å². The van der Waals surface area contributed by atoms with Crippen LogP contribution in [0.25, 0.3) is 0 Å². The Labute approximate surface area is 117 Å². The number of hydrogen-bond donors (Lipinski definition) is 0. The number of ether oxygens (including phenoxy) is 2. The summed E-state index contributed by atoms with van der Waals surface area (Å²) in [7, 11) is 0. The molecule has 3 rings (SSSR count). The second-order valence-corrected chi connectivity index (χ2v) is 5.27. The Bertz CT molecular complexity index is 500. The molecule has 0 N–H and O–H groups in total. The van der Waals surface area contributed by atoms with Crippen LogP contribution >= 0.6 is 11.6 Å². The van der Waals surface area contributed by atoms with Gasteiger partial charge in [-0.1, -0.05) is 11.6 Å². The fourth-order valence-electron chi connectivity index (χ4n) is 2.24. The third-order valence-electron chi connectivity index (χ3n) is 3.43. The molecular weight excluding hydrogens is 266 g/mol. The van der Waals surface area contributed by atoms with E-state index in [0.717, 1.165) is 31.5 Å². The fourth-order valence-corrected chi connectivity index (χ4v) is 2.53. The number of halogens is 1. The number of hydrogen-bond acceptors (Lipinski definition) is 3. The van der Waals surface area contributed by atoms with Gasteiger partial charge in [-0.2, -0.15) is 0 Å². The normalized spacial score (nSPS) is 17.6. The molecule has 0 aliphatic carbocycles. The fraction of sp³-hybridized carbons (Fsp3) is 0.500. The van der Waals surface area contributed by atoms with Crippen LogP contribution < -0.4 is 9.47 Å². The molecule has 4 nitrogen and oxygen atoms in total. The van der Waals surface area contributed by atoms with Crippen LogP contribution in [0.1, 0.15) is 18.4 Å². The number of rotatable bonds is 2. The van der Waals surface area contributed by atoms with E-state index in [4.69, 9.17) is 21.1 Å². The quantitative estimate of drug-likeness (QED) is 0.835. The van der Waals surface area contributed by atoms with Crippen molar-refractivity contribution in [2.45, 2.75) is 19.3 Å². The SMILES string of the molecule is O=C(Cc1cc(Cl)c2c(c1)OCCCO2)N1CCC1. The van der Waals surface area contributed by atoms with Gasteiger partial charge < -0.3 is 14.4 Å². The number of carbonyl (C=O) groups is 1. The summed E-state index contributed by atoms with van der Waals surface area (Å²) in [6, 6.07) is 3.66. The van der Waals surface area contributed by atoms with Gasteiger partial charge in [0.1, 0.15) is 0 Å². The van der Waals surface area contributed by atoms with E-state index < -0.39 is 0 Å². The molecule has 0 atom stereocenters. The molecule has 1 fully saturated rings. The topological polar surface area (TPSA) is 38.8 Å². The summed E-state index contributed by atoms with van der Waals surface area (Å²) in [5.74, 6) is 1.40. The van der Waals surface area contributed by atoms with Gasteiger partial charge in [-0.3, -0.25) is 4.79 Å². The van der Waals surface area contributed by atoms with Crippen LogP contribution in [0.4, 0.5) is 0 Å². The van der Waals surface area contributed by atoms with Crippen molar-refractivity contribution >= 4 is 17.5 Å². The van der Waals surface area contributed by atoms with Gasteiger partial charge in [-0.05, 0) is 24.1 Å². The molecule has 1 saturated heterocycles. The molecule has 5 heteroatoms. The summed E-state index contributed by atoms with van der Waals surface area (Å²) in [4.78, 5) is 13.8. The van der Waals surface area contributed by atoms with E-state index in [1.807, 2.05) is 11.0 Å². The molecule has 2 aliphatic rings. The molecule has 2 aliphatic heterocycles. The summed E-state index contributed by atoms with van der Waals surface area (Å²) in [6.45, 7) is 2.97. The molecule has 1 aromatic carbocycles. The van der Waals surface area contributed by atoms with E-state index in [-0.39, 0.29) is 5.91 Å². The summed E-state index contributed by atoms with van der Waals surface area (Å²) in [5.41, 5.74) is 0.881. The second-order valence-electron chi connectivity index (χ2n) is 4.87. The van der Waals surface area contributed by atoms with E-state index >= 15 is 0 Å². The van der Waals surface area contributed by atoms with Crippen LogP contribution in [-0.2, 0) is 11.2 Å². The smallest absolute Gasteiger partial charge is 0.226 e. The molecule has 0 aromatic heterocycles. The Balaban J connectivity index is 1.80. The monoisotopic (exact) mass is 281 g/mol. The van der Waals surface area contributed by atoms with E-state index in [1.165, 1.54) is 0 Å². The molecule has 0 bridgehead atoms. The Morgan fingerprint density at radius 2 is 2.00 bits per heavy atom. The standard InChI is InChI=1S/C14H16ClNO3/c15-11-7-10(9-13(17)16-3-1-4-16)8-12-14(11)19-6-2-5-18-12/h7-8H,1-6,9H2. The first-order valence-electron chi connectivity index (χ1n) is 6.60. The summed E-state index contributed by atoms with van der Waals surface area (Å²) >= 11 is 6.20. The lowest BCUT2D eigenvalue weighted by Crippen LogP contribution is -2.42. The van der Waals surface area contributed by atoms with Crippen molar-refractivity contribution in [3.63, 3.8) is 0 Å². The Morgan fingerprint density at radius 3 is 2.74 bits per heavy atom.